The van der Waals surface area contributed by atoms with Gasteiger partial charge in [0.1, 0.15) is 0 Å². The van der Waals surface area contributed by atoms with Crippen molar-refractivity contribution in [2.45, 2.75) is 18.5 Å². The van der Waals surface area contributed by atoms with E-state index in [4.69, 9.17) is 23.7 Å². The molecule has 0 aromatic rings. The number of carbonyl (C=O) groups excluding carboxylic acids is 2. The first kappa shape index (κ1) is 17.0. The lowest BCUT2D eigenvalue weighted by molar-refractivity contribution is -0.246. The zero-order valence-electron chi connectivity index (χ0n) is 13.2. The molecule has 3 aliphatic carbocycles. The highest BCUT2D eigenvalue weighted by atomic mass is 79.9. The van der Waals surface area contributed by atoms with Crippen LogP contribution in [-0.2, 0) is 33.3 Å². The minimum Gasteiger partial charge on any atom is -0.469 e. The smallest absolute Gasteiger partial charge is 0.309 e. The van der Waals surface area contributed by atoms with Gasteiger partial charge < -0.3 is 23.7 Å². The summed E-state index contributed by atoms with van der Waals surface area (Å²) in [7, 11) is 4.17. The van der Waals surface area contributed by atoms with Gasteiger partial charge in [-0.25, -0.2) is 0 Å². The van der Waals surface area contributed by atoms with Gasteiger partial charge in [-0.3, -0.25) is 9.59 Å². The van der Waals surface area contributed by atoms with E-state index in [1.807, 2.05) is 0 Å². The number of carbonyl (C=O) groups is 2. The molecule has 1 heterocycles. The van der Waals surface area contributed by atoms with Crippen LogP contribution >= 0.6 is 15.9 Å². The maximum atomic E-state index is 13.0. The first-order chi connectivity index (χ1) is 11.0. The molecule has 1 aliphatic heterocycles. The molecule has 0 aromatic heterocycles. The number of fused-ring (bicyclic) bond motifs is 2. The van der Waals surface area contributed by atoms with E-state index in [1.165, 1.54) is 21.3 Å². The van der Waals surface area contributed by atoms with Crippen molar-refractivity contribution >= 4 is 27.7 Å². The number of hydrogen-bond donors (Lipinski definition) is 0. The molecule has 0 aromatic carbocycles. The number of ketones is 1. The third kappa shape index (κ3) is 2.31. The highest BCUT2D eigenvalue weighted by Gasteiger charge is 2.65. The Balaban J connectivity index is 2.10. The summed E-state index contributed by atoms with van der Waals surface area (Å²) in [5.74, 6) is -3.93. The largest absolute Gasteiger partial charge is 0.469 e. The maximum Gasteiger partial charge on any atom is 0.309 e. The van der Waals surface area contributed by atoms with Gasteiger partial charge in [-0.15, -0.1) is 0 Å². The number of methoxy groups -OCH3 is 3. The maximum absolute atomic E-state index is 13.0. The standard InChI is InChI=1S/C15H19BrO7/c1-19-13(18)7-6-8-10(14-22-4-5-23-14)11(16)9(7)12(17)15(8,20-2)21-3/h7-9,14H,4-6H2,1-3H3/t7-,8-,9+/m0/s1. The molecule has 128 valence electrons. The van der Waals surface area contributed by atoms with E-state index in [2.05, 4.69) is 15.9 Å². The molecular weight excluding hydrogens is 372 g/mol. The van der Waals surface area contributed by atoms with Crippen LogP contribution in [0.15, 0.2) is 10.1 Å². The van der Waals surface area contributed by atoms with Crippen molar-refractivity contribution in [3.63, 3.8) is 0 Å². The topological polar surface area (TPSA) is 80.3 Å². The molecule has 1 saturated carbocycles. The van der Waals surface area contributed by atoms with Crippen LogP contribution in [0.2, 0.25) is 0 Å². The fourth-order valence-electron chi connectivity index (χ4n) is 3.85. The molecule has 7 nitrogen and oxygen atoms in total. The minimum absolute atomic E-state index is 0.289. The van der Waals surface area contributed by atoms with E-state index in [0.29, 0.717) is 24.1 Å². The fourth-order valence-corrected chi connectivity index (χ4v) is 4.84. The number of allylic oxidation sites excluding steroid dienone is 1. The lowest BCUT2D eigenvalue weighted by Crippen LogP contribution is -2.63. The van der Waals surface area contributed by atoms with Gasteiger partial charge in [0.05, 0.1) is 32.2 Å². The molecule has 4 rings (SSSR count). The molecule has 8 heteroatoms. The quantitative estimate of drug-likeness (QED) is 0.523. The molecule has 2 fully saturated rings. The van der Waals surface area contributed by atoms with Gasteiger partial charge >= 0.3 is 5.97 Å². The van der Waals surface area contributed by atoms with Gasteiger partial charge in [-0.1, -0.05) is 15.9 Å². The van der Waals surface area contributed by atoms with Crippen LogP contribution in [0, 0.1) is 17.8 Å². The number of esters is 1. The lowest BCUT2D eigenvalue weighted by Gasteiger charge is -2.51. The molecule has 1 saturated heterocycles. The predicted octanol–water partition coefficient (Wildman–Crippen LogP) is 1.01. The summed E-state index contributed by atoms with van der Waals surface area (Å²) >= 11 is 3.49. The Hall–Kier alpha value is -0.800. The molecule has 0 N–H and O–H groups in total. The third-order valence-corrected chi connectivity index (χ3v) is 5.84. The average molecular weight is 391 g/mol. The summed E-state index contributed by atoms with van der Waals surface area (Å²) in [6, 6.07) is 0. The number of hydrogen-bond acceptors (Lipinski definition) is 7. The fraction of sp³-hybridized carbons (Fsp3) is 0.733. The van der Waals surface area contributed by atoms with Crippen LogP contribution in [0.5, 0.6) is 0 Å². The van der Waals surface area contributed by atoms with Crippen LogP contribution in [0.25, 0.3) is 0 Å². The summed E-state index contributed by atoms with van der Waals surface area (Å²) in [5, 5.41) is 0. The van der Waals surface area contributed by atoms with Gasteiger partial charge in [-0.2, -0.15) is 0 Å². The Morgan fingerprint density at radius 1 is 1.22 bits per heavy atom. The number of rotatable bonds is 4. The van der Waals surface area contributed by atoms with Gasteiger partial charge in [0, 0.05) is 30.2 Å². The Morgan fingerprint density at radius 2 is 1.83 bits per heavy atom. The second-order valence-electron chi connectivity index (χ2n) is 5.71. The number of ether oxygens (including phenoxy) is 5. The number of halogens is 1. The van der Waals surface area contributed by atoms with E-state index in [9.17, 15) is 9.59 Å². The van der Waals surface area contributed by atoms with Crippen molar-refractivity contribution < 1.29 is 33.3 Å². The SMILES string of the molecule is COC(=O)[C@H]1C[C@H]2C(C3OCCO3)=C(Br)[C@@H]1C(=O)C2(OC)OC. The molecular formula is C15H19BrO7. The molecule has 3 atom stereocenters. The Morgan fingerprint density at radius 3 is 2.35 bits per heavy atom. The Labute approximate surface area is 142 Å². The van der Waals surface area contributed by atoms with E-state index < -0.39 is 35.8 Å². The van der Waals surface area contributed by atoms with Crippen molar-refractivity contribution in [2.75, 3.05) is 34.5 Å². The van der Waals surface area contributed by atoms with E-state index >= 15 is 0 Å². The van der Waals surface area contributed by atoms with Crippen molar-refractivity contribution in [1.82, 2.24) is 0 Å². The molecule has 0 radical (unpaired) electrons. The number of Topliss-reactive ketones (excluding diaryl/α,β-unsaturated/α-hetero) is 1. The Kier molecular flexibility index (Phi) is 4.63. The molecule has 23 heavy (non-hydrogen) atoms. The highest BCUT2D eigenvalue weighted by Crippen LogP contribution is 2.56. The summed E-state index contributed by atoms with van der Waals surface area (Å²) in [6.45, 7) is 0.959. The molecule has 0 amide bonds. The van der Waals surface area contributed by atoms with Crippen molar-refractivity contribution in [2.24, 2.45) is 17.8 Å². The normalized spacial score (nSPS) is 33.4. The summed E-state index contributed by atoms with van der Waals surface area (Å²) in [5.41, 5.74) is 0.774. The predicted molar refractivity (Wildman–Crippen MR) is 80.5 cm³/mol. The summed E-state index contributed by atoms with van der Waals surface area (Å²) < 4.78 is 27.7. The van der Waals surface area contributed by atoms with Crippen molar-refractivity contribution in [3.8, 4) is 0 Å². The molecule has 2 bridgehead atoms. The second kappa shape index (κ2) is 6.25. The third-order valence-electron chi connectivity index (χ3n) is 4.89. The van der Waals surface area contributed by atoms with Crippen LogP contribution in [0.1, 0.15) is 6.42 Å². The summed E-state index contributed by atoms with van der Waals surface area (Å²) in [4.78, 5) is 25.1. The highest BCUT2D eigenvalue weighted by molar-refractivity contribution is 9.11. The monoisotopic (exact) mass is 390 g/mol. The van der Waals surface area contributed by atoms with Crippen molar-refractivity contribution in [1.29, 1.82) is 0 Å². The molecule has 4 aliphatic rings. The minimum atomic E-state index is -1.43. The lowest BCUT2D eigenvalue weighted by atomic mass is 9.61. The zero-order chi connectivity index (χ0) is 16.8. The van der Waals surface area contributed by atoms with E-state index in [0.717, 1.165) is 5.57 Å². The average Bonchev–Trinajstić information content (AvgIpc) is 3.08. The second-order valence-corrected chi connectivity index (χ2v) is 6.57. The zero-order valence-corrected chi connectivity index (χ0v) is 14.8. The van der Waals surface area contributed by atoms with Crippen LogP contribution < -0.4 is 0 Å². The first-order valence-electron chi connectivity index (χ1n) is 7.36. The van der Waals surface area contributed by atoms with E-state index in [1.54, 1.807) is 0 Å². The summed E-state index contributed by atoms with van der Waals surface area (Å²) in [6.07, 6.45) is -0.188. The van der Waals surface area contributed by atoms with Gasteiger partial charge in [0.25, 0.3) is 0 Å². The van der Waals surface area contributed by atoms with Crippen LogP contribution in [0.4, 0.5) is 0 Å². The van der Waals surface area contributed by atoms with Crippen molar-refractivity contribution in [3.05, 3.63) is 10.1 Å². The van der Waals surface area contributed by atoms with E-state index in [-0.39, 0.29) is 5.78 Å². The van der Waals surface area contributed by atoms with Gasteiger partial charge in [0.2, 0.25) is 11.6 Å². The molecule has 0 unspecified atom stereocenters. The van der Waals surface area contributed by atoms with Crippen LogP contribution in [0.3, 0.4) is 0 Å². The van der Waals surface area contributed by atoms with Gasteiger partial charge in [0.15, 0.2) is 6.29 Å². The van der Waals surface area contributed by atoms with Crippen LogP contribution in [-0.4, -0.2) is 58.4 Å². The van der Waals surface area contributed by atoms with Gasteiger partial charge in [-0.05, 0) is 6.42 Å². The first-order valence-corrected chi connectivity index (χ1v) is 8.16. The molecule has 0 spiro atoms. The Bertz CT molecular complexity index is 548.